The molecule has 0 fully saturated rings. The van der Waals surface area contributed by atoms with Gasteiger partial charge in [-0.15, -0.1) is 16.4 Å². The molecule has 0 aliphatic carbocycles. The van der Waals surface area contributed by atoms with Crippen molar-refractivity contribution >= 4 is 33.3 Å². The van der Waals surface area contributed by atoms with Gasteiger partial charge in [0.25, 0.3) is 0 Å². The highest BCUT2D eigenvalue weighted by atomic mass is 79.9. The summed E-state index contributed by atoms with van der Waals surface area (Å²) in [5.74, 6) is 0.598. The average molecular weight is 359 g/mol. The second-order valence-corrected chi connectivity index (χ2v) is 8.03. The number of rotatable bonds is 6. The van der Waals surface area contributed by atoms with E-state index in [1.807, 2.05) is 0 Å². The zero-order valence-corrected chi connectivity index (χ0v) is 14.3. The van der Waals surface area contributed by atoms with Crippen LogP contribution in [0.15, 0.2) is 20.3 Å². The lowest BCUT2D eigenvalue weighted by Gasteiger charge is -2.18. The highest BCUT2D eigenvalue weighted by molar-refractivity contribution is 9.11. The predicted molar refractivity (Wildman–Crippen MR) is 85.1 cm³/mol. The molecule has 7 heteroatoms. The molecular formula is C13H19BrN4OS. The van der Waals surface area contributed by atoms with Crippen molar-refractivity contribution in [3.8, 4) is 0 Å². The van der Waals surface area contributed by atoms with Gasteiger partial charge in [-0.3, -0.25) is 0 Å². The highest BCUT2D eigenvalue weighted by Gasteiger charge is 2.12. The van der Waals surface area contributed by atoms with Gasteiger partial charge in [-0.2, -0.15) is 0 Å². The fourth-order valence-corrected chi connectivity index (χ4v) is 3.00. The maximum atomic E-state index is 5.52. The van der Waals surface area contributed by atoms with Crippen LogP contribution in [0.4, 0.5) is 6.01 Å². The molecular weight excluding hydrogens is 340 g/mol. The minimum Gasteiger partial charge on any atom is -0.407 e. The van der Waals surface area contributed by atoms with Crippen LogP contribution >= 0.6 is 27.3 Å². The molecule has 110 valence electrons. The number of halogens is 1. The molecule has 0 unspecified atom stereocenters. The van der Waals surface area contributed by atoms with Crippen LogP contribution < -0.4 is 10.6 Å². The Morgan fingerprint density at radius 1 is 1.30 bits per heavy atom. The third-order valence-corrected chi connectivity index (χ3v) is 4.20. The van der Waals surface area contributed by atoms with E-state index in [4.69, 9.17) is 4.42 Å². The first-order valence-corrected chi connectivity index (χ1v) is 8.09. The molecule has 0 atom stereocenters. The van der Waals surface area contributed by atoms with Crippen LogP contribution in [0.1, 0.15) is 31.5 Å². The summed E-state index contributed by atoms with van der Waals surface area (Å²) in [6.07, 6.45) is 0.939. The molecule has 2 N–H and O–H groups in total. The van der Waals surface area contributed by atoms with E-state index in [0.717, 1.165) is 16.8 Å². The first-order valence-electron chi connectivity index (χ1n) is 6.48. The van der Waals surface area contributed by atoms with Crippen molar-refractivity contribution in [1.29, 1.82) is 0 Å². The van der Waals surface area contributed by atoms with Gasteiger partial charge < -0.3 is 15.1 Å². The second kappa shape index (κ2) is 6.69. The standard InChI is InChI=1S/C13H19BrN4OS/c1-13(2,3)16-8-11-17-18-12(19-11)15-7-6-9-4-5-10(14)20-9/h4-5,16H,6-8H2,1-3H3,(H,15,18). The van der Waals surface area contributed by atoms with Gasteiger partial charge in [0.05, 0.1) is 10.3 Å². The maximum absolute atomic E-state index is 5.52. The zero-order chi connectivity index (χ0) is 14.6. The summed E-state index contributed by atoms with van der Waals surface area (Å²) in [5.41, 5.74) is 0.0363. The summed E-state index contributed by atoms with van der Waals surface area (Å²) in [7, 11) is 0. The summed E-state index contributed by atoms with van der Waals surface area (Å²) in [6, 6.07) is 4.65. The van der Waals surface area contributed by atoms with Crippen LogP contribution in [0.2, 0.25) is 0 Å². The van der Waals surface area contributed by atoms with Gasteiger partial charge in [0, 0.05) is 17.0 Å². The van der Waals surface area contributed by atoms with Crippen molar-refractivity contribution in [2.75, 3.05) is 11.9 Å². The van der Waals surface area contributed by atoms with Crippen molar-refractivity contribution in [1.82, 2.24) is 15.5 Å². The Morgan fingerprint density at radius 2 is 2.10 bits per heavy atom. The SMILES string of the molecule is CC(C)(C)NCc1nnc(NCCc2ccc(Br)s2)o1. The van der Waals surface area contributed by atoms with E-state index in [1.165, 1.54) is 4.88 Å². The predicted octanol–water partition coefficient (Wildman–Crippen LogP) is 3.44. The first kappa shape index (κ1) is 15.5. The van der Waals surface area contributed by atoms with E-state index < -0.39 is 0 Å². The quantitative estimate of drug-likeness (QED) is 0.827. The number of nitrogens with one attached hydrogen (secondary N) is 2. The summed E-state index contributed by atoms with van der Waals surface area (Å²) in [6.45, 7) is 7.66. The van der Waals surface area contributed by atoms with Gasteiger partial charge in [-0.05, 0) is 55.3 Å². The van der Waals surface area contributed by atoms with E-state index in [1.54, 1.807) is 11.3 Å². The van der Waals surface area contributed by atoms with Crippen LogP contribution in [-0.4, -0.2) is 22.3 Å². The molecule has 0 radical (unpaired) electrons. The Labute approximate surface area is 131 Å². The van der Waals surface area contributed by atoms with Gasteiger partial charge in [-0.1, -0.05) is 5.10 Å². The third-order valence-electron chi connectivity index (χ3n) is 2.51. The molecule has 2 rings (SSSR count). The molecule has 0 bridgehead atoms. The van der Waals surface area contributed by atoms with Crippen molar-refractivity contribution in [2.24, 2.45) is 0 Å². The van der Waals surface area contributed by atoms with E-state index in [2.05, 4.69) is 69.7 Å². The number of aromatic nitrogens is 2. The van der Waals surface area contributed by atoms with Crippen LogP contribution in [0.5, 0.6) is 0 Å². The Kier molecular flexibility index (Phi) is 5.17. The number of hydrogen-bond donors (Lipinski definition) is 2. The Hall–Kier alpha value is -0.920. The molecule has 0 aliphatic rings. The summed E-state index contributed by atoms with van der Waals surface area (Å²) in [5, 5.41) is 14.4. The second-order valence-electron chi connectivity index (χ2n) is 5.49. The average Bonchev–Trinajstić information content (AvgIpc) is 2.95. The number of anilines is 1. The third kappa shape index (κ3) is 5.22. The molecule has 0 aliphatic heterocycles. The fourth-order valence-electron chi connectivity index (χ4n) is 1.52. The van der Waals surface area contributed by atoms with Crippen LogP contribution in [0.3, 0.4) is 0 Å². The van der Waals surface area contributed by atoms with Crippen LogP contribution in [0.25, 0.3) is 0 Å². The van der Waals surface area contributed by atoms with Gasteiger partial charge in [0.1, 0.15) is 0 Å². The number of nitrogens with zero attached hydrogens (tertiary/aromatic N) is 2. The van der Waals surface area contributed by atoms with Crippen LogP contribution in [-0.2, 0) is 13.0 Å². The van der Waals surface area contributed by atoms with E-state index >= 15 is 0 Å². The van der Waals surface area contributed by atoms with Gasteiger partial charge in [0.15, 0.2) is 0 Å². The number of thiophene rings is 1. The summed E-state index contributed by atoms with van der Waals surface area (Å²) >= 11 is 5.19. The normalized spacial score (nSPS) is 11.8. The van der Waals surface area contributed by atoms with Crippen molar-refractivity contribution in [3.05, 3.63) is 26.7 Å². The Morgan fingerprint density at radius 3 is 2.75 bits per heavy atom. The molecule has 2 aromatic heterocycles. The lowest BCUT2D eigenvalue weighted by molar-refractivity contribution is 0.384. The van der Waals surface area contributed by atoms with E-state index in [0.29, 0.717) is 18.5 Å². The van der Waals surface area contributed by atoms with Crippen molar-refractivity contribution in [2.45, 2.75) is 39.3 Å². The fraction of sp³-hybridized carbons (Fsp3) is 0.538. The molecule has 20 heavy (non-hydrogen) atoms. The van der Waals surface area contributed by atoms with Crippen molar-refractivity contribution < 1.29 is 4.42 Å². The minimum absolute atomic E-state index is 0.0363. The maximum Gasteiger partial charge on any atom is 0.315 e. The monoisotopic (exact) mass is 358 g/mol. The molecule has 0 amide bonds. The summed E-state index contributed by atoms with van der Waals surface area (Å²) in [4.78, 5) is 1.32. The van der Waals surface area contributed by atoms with E-state index in [9.17, 15) is 0 Å². The van der Waals surface area contributed by atoms with Crippen LogP contribution in [0, 0.1) is 0 Å². The molecule has 0 spiro atoms. The summed E-state index contributed by atoms with van der Waals surface area (Å²) < 4.78 is 6.67. The van der Waals surface area contributed by atoms with E-state index in [-0.39, 0.29) is 5.54 Å². The molecule has 2 aromatic rings. The molecule has 0 aromatic carbocycles. The molecule has 0 saturated carbocycles. The highest BCUT2D eigenvalue weighted by Crippen LogP contribution is 2.22. The van der Waals surface area contributed by atoms with Gasteiger partial charge in [0.2, 0.25) is 5.89 Å². The molecule has 5 nitrogen and oxygen atoms in total. The first-order chi connectivity index (χ1) is 9.42. The molecule has 0 saturated heterocycles. The van der Waals surface area contributed by atoms with Gasteiger partial charge >= 0.3 is 6.01 Å². The topological polar surface area (TPSA) is 63.0 Å². The zero-order valence-electron chi connectivity index (χ0n) is 11.9. The van der Waals surface area contributed by atoms with Gasteiger partial charge in [-0.25, -0.2) is 0 Å². The van der Waals surface area contributed by atoms with Crippen molar-refractivity contribution in [3.63, 3.8) is 0 Å². The molecule has 2 heterocycles. The smallest absolute Gasteiger partial charge is 0.315 e. The lowest BCUT2D eigenvalue weighted by Crippen LogP contribution is -2.35. The largest absolute Gasteiger partial charge is 0.407 e. The number of hydrogen-bond acceptors (Lipinski definition) is 6. The lowest BCUT2D eigenvalue weighted by atomic mass is 10.1. The Bertz CT molecular complexity index is 547. The minimum atomic E-state index is 0.0363. The Balaban J connectivity index is 1.75.